The Balaban J connectivity index is 1.75. The lowest BCUT2D eigenvalue weighted by atomic mass is 10.1. The van der Waals surface area contributed by atoms with Crippen LogP contribution in [0.1, 0.15) is 32.8 Å². The van der Waals surface area contributed by atoms with Gasteiger partial charge in [-0.3, -0.25) is 13.9 Å². The third-order valence-corrected chi connectivity index (χ3v) is 9.36. The molecule has 0 aromatic heterocycles. The van der Waals surface area contributed by atoms with E-state index in [9.17, 15) is 18.0 Å². The molecule has 3 aromatic rings. The molecule has 1 aliphatic heterocycles. The van der Waals surface area contributed by atoms with Gasteiger partial charge in [-0.05, 0) is 54.3 Å². The van der Waals surface area contributed by atoms with Crippen LogP contribution in [0.2, 0.25) is 10.0 Å². The van der Waals surface area contributed by atoms with Gasteiger partial charge in [-0.2, -0.15) is 0 Å². The number of sulfonamides is 1. The highest BCUT2D eigenvalue weighted by Crippen LogP contribution is 2.36. The van der Waals surface area contributed by atoms with Crippen LogP contribution in [0.15, 0.2) is 71.6 Å². The van der Waals surface area contributed by atoms with Crippen molar-refractivity contribution in [1.82, 2.24) is 10.2 Å². The monoisotopic (exact) mass is 647 g/mol. The van der Waals surface area contributed by atoms with Gasteiger partial charge in [0, 0.05) is 19.2 Å². The molecule has 1 N–H and O–H groups in total. The second-order valence-electron chi connectivity index (χ2n) is 10.5. The van der Waals surface area contributed by atoms with Crippen LogP contribution in [-0.4, -0.2) is 57.5 Å². The molecule has 43 heavy (non-hydrogen) atoms. The van der Waals surface area contributed by atoms with Crippen molar-refractivity contribution in [1.29, 1.82) is 0 Å². The van der Waals surface area contributed by atoms with E-state index in [0.29, 0.717) is 53.3 Å². The summed E-state index contributed by atoms with van der Waals surface area (Å²) in [5, 5.41) is 3.56. The summed E-state index contributed by atoms with van der Waals surface area (Å²) in [7, 11) is -4.22. The van der Waals surface area contributed by atoms with Crippen LogP contribution < -0.4 is 19.1 Å². The molecule has 1 aliphatic rings. The van der Waals surface area contributed by atoms with E-state index in [4.69, 9.17) is 32.7 Å². The minimum Gasteiger partial charge on any atom is -0.486 e. The predicted molar refractivity (Wildman–Crippen MR) is 167 cm³/mol. The van der Waals surface area contributed by atoms with Crippen LogP contribution >= 0.6 is 23.2 Å². The van der Waals surface area contributed by atoms with Crippen molar-refractivity contribution in [2.24, 2.45) is 5.92 Å². The Morgan fingerprint density at radius 1 is 0.930 bits per heavy atom. The maximum Gasteiger partial charge on any atom is 0.264 e. The molecule has 0 bridgehead atoms. The Morgan fingerprint density at radius 2 is 1.63 bits per heavy atom. The maximum atomic E-state index is 14.2. The van der Waals surface area contributed by atoms with E-state index in [1.54, 1.807) is 55.5 Å². The van der Waals surface area contributed by atoms with Gasteiger partial charge in [-0.15, -0.1) is 0 Å². The van der Waals surface area contributed by atoms with Crippen LogP contribution in [0.3, 0.4) is 0 Å². The first-order valence-electron chi connectivity index (χ1n) is 14.0. The van der Waals surface area contributed by atoms with Crippen LogP contribution in [0, 0.1) is 5.92 Å². The van der Waals surface area contributed by atoms with Gasteiger partial charge in [0.05, 0.1) is 20.6 Å². The van der Waals surface area contributed by atoms with Gasteiger partial charge in [0.1, 0.15) is 25.8 Å². The van der Waals surface area contributed by atoms with Gasteiger partial charge in [0.25, 0.3) is 10.0 Å². The van der Waals surface area contributed by atoms with Gasteiger partial charge >= 0.3 is 0 Å². The second-order valence-corrected chi connectivity index (χ2v) is 13.2. The molecule has 3 aromatic carbocycles. The smallest absolute Gasteiger partial charge is 0.264 e. The van der Waals surface area contributed by atoms with Crippen molar-refractivity contribution in [2.75, 3.05) is 30.6 Å². The number of carbonyl (C=O) groups excluding carboxylic acids is 2. The third kappa shape index (κ3) is 7.93. The Morgan fingerprint density at radius 3 is 2.28 bits per heavy atom. The number of hydrogen-bond donors (Lipinski definition) is 1. The van der Waals surface area contributed by atoms with Crippen molar-refractivity contribution >= 4 is 50.7 Å². The number of benzene rings is 3. The normalized spacial score (nSPS) is 13.3. The van der Waals surface area contributed by atoms with Crippen LogP contribution in [0.4, 0.5) is 5.69 Å². The Bertz CT molecular complexity index is 1550. The van der Waals surface area contributed by atoms with Crippen molar-refractivity contribution in [3.8, 4) is 11.5 Å². The summed E-state index contributed by atoms with van der Waals surface area (Å²) >= 11 is 12.4. The minimum absolute atomic E-state index is 0.00366. The molecule has 0 aliphatic carbocycles. The number of halogens is 2. The lowest BCUT2D eigenvalue weighted by molar-refractivity contribution is -0.140. The van der Waals surface area contributed by atoms with Crippen molar-refractivity contribution in [3.63, 3.8) is 0 Å². The SMILES string of the molecule is CCC(C(=O)NCC(C)C)N(Cc1ccc(Cl)c(Cl)c1)C(=O)CN(c1ccc2c(c1)OCCO2)S(=O)(=O)c1ccccc1. The van der Waals surface area contributed by atoms with Crippen LogP contribution in [0.25, 0.3) is 0 Å². The van der Waals surface area contributed by atoms with Crippen molar-refractivity contribution in [3.05, 3.63) is 82.3 Å². The van der Waals surface area contributed by atoms with Gasteiger partial charge < -0.3 is 19.7 Å². The molecule has 12 heteroatoms. The van der Waals surface area contributed by atoms with E-state index < -0.39 is 28.5 Å². The molecule has 1 unspecified atom stereocenters. The summed E-state index contributed by atoms with van der Waals surface area (Å²) in [6.07, 6.45) is 0.298. The van der Waals surface area contributed by atoms with E-state index in [0.717, 1.165) is 4.31 Å². The van der Waals surface area contributed by atoms with E-state index in [1.807, 2.05) is 13.8 Å². The first kappa shape index (κ1) is 32.4. The molecule has 1 atom stereocenters. The van der Waals surface area contributed by atoms with Crippen molar-refractivity contribution in [2.45, 2.75) is 44.7 Å². The Hall–Kier alpha value is -3.47. The highest BCUT2D eigenvalue weighted by molar-refractivity contribution is 7.92. The summed E-state index contributed by atoms with van der Waals surface area (Å²) in [5.41, 5.74) is 0.850. The predicted octanol–water partition coefficient (Wildman–Crippen LogP) is 5.54. The zero-order valence-corrected chi connectivity index (χ0v) is 26.6. The van der Waals surface area contributed by atoms with Gasteiger partial charge in [-0.25, -0.2) is 8.42 Å². The van der Waals surface area contributed by atoms with E-state index >= 15 is 0 Å². The molecule has 230 valence electrons. The molecule has 4 rings (SSSR count). The van der Waals surface area contributed by atoms with E-state index in [-0.39, 0.29) is 29.0 Å². The molecule has 0 saturated carbocycles. The van der Waals surface area contributed by atoms with E-state index in [1.165, 1.54) is 23.1 Å². The second kappa shape index (κ2) is 14.3. The summed E-state index contributed by atoms with van der Waals surface area (Å²) in [5.74, 6) is 0.139. The lowest BCUT2D eigenvalue weighted by Crippen LogP contribution is -2.52. The molecule has 0 fully saturated rings. The Kier molecular flexibility index (Phi) is 10.8. The average molecular weight is 649 g/mol. The fourth-order valence-corrected chi connectivity index (χ4v) is 6.36. The molecule has 9 nitrogen and oxygen atoms in total. The largest absolute Gasteiger partial charge is 0.486 e. The number of nitrogens with one attached hydrogen (secondary N) is 1. The molecule has 1 heterocycles. The summed E-state index contributed by atoms with van der Waals surface area (Å²) in [6, 6.07) is 16.7. The maximum absolute atomic E-state index is 14.2. The number of amides is 2. The quantitative estimate of drug-likeness (QED) is 0.277. The van der Waals surface area contributed by atoms with Gasteiger partial charge in [-0.1, -0.05) is 68.2 Å². The number of carbonyl (C=O) groups is 2. The number of anilines is 1. The first-order chi connectivity index (χ1) is 20.5. The zero-order chi connectivity index (χ0) is 31.1. The standard InChI is InChI=1S/C31H35Cl2N3O6S/c1-4-27(31(38)34-18-21(2)3)35(19-22-10-12-25(32)26(33)16-22)30(37)20-36(43(39,40)24-8-6-5-7-9-24)23-11-13-28-29(17-23)42-15-14-41-28/h5-13,16-17,21,27H,4,14-15,18-20H2,1-3H3,(H,34,38). The highest BCUT2D eigenvalue weighted by atomic mass is 35.5. The van der Waals surface area contributed by atoms with Gasteiger partial charge in [0.15, 0.2) is 11.5 Å². The summed E-state index contributed by atoms with van der Waals surface area (Å²) < 4.78 is 40.4. The number of ether oxygens (including phenoxy) is 2. The highest BCUT2D eigenvalue weighted by Gasteiger charge is 2.34. The third-order valence-electron chi connectivity index (χ3n) is 6.83. The Labute approximate surface area is 262 Å². The number of nitrogens with zero attached hydrogens (tertiary/aromatic N) is 2. The molecule has 2 amide bonds. The minimum atomic E-state index is -4.22. The summed E-state index contributed by atoms with van der Waals surface area (Å²) in [6.45, 7) is 6.28. The molecule has 0 radical (unpaired) electrons. The average Bonchev–Trinajstić information content (AvgIpc) is 3.00. The topological polar surface area (TPSA) is 105 Å². The van der Waals surface area contributed by atoms with Crippen molar-refractivity contribution < 1.29 is 27.5 Å². The fraction of sp³-hybridized carbons (Fsp3) is 0.355. The van der Waals surface area contributed by atoms with Crippen LogP contribution in [-0.2, 0) is 26.2 Å². The zero-order valence-electron chi connectivity index (χ0n) is 24.3. The fourth-order valence-electron chi connectivity index (χ4n) is 4.61. The molecular formula is C31H35Cl2N3O6S. The molecule has 0 spiro atoms. The lowest BCUT2D eigenvalue weighted by Gasteiger charge is -2.33. The molecular weight excluding hydrogens is 613 g/mol. The van der Waals surface area contributed by atoms with E-state index in [2.05, 4.69) is 5.32 Å². The van der Waals surface area contributed by atoms with Gasteiger partial charge in [0.2, 0.25) is 11.8 Å². The number of rotatable bonds is 12. The number of hydrogen-bond acceptors (Lipinski definition) is 6. The number of fused-ring (bicyclic) bond motifs is 1. The first-order valence-corrected chi connectivity index (χ1v) is 16.2. The van der Waals surface area contributed by atoms with Crippen LogP contribution in [0.5, 0.6) is 11.5 Å². The molecule has 0 saturated heterocycles. The summed E-state index contributed by atoms with van der Waals surface area (Å²) in [4.78, 5) is 29.0.